The van der Waals surface area contributed by atoms with E-state index in [1.165, 1.54) is 10.9 Å². The highest BCUT2D eigenvalue weighted by Gasteiger charge is 2.09. The molecule has 0 atom stereocenters. The van der Waals surface area contributed by atoms with Gasteiger partial charge in [0.15, 0.2) is 18.9 Å². The zero-order valence-corrected chi connectivity index (χ0v) is 14.1. The average Bonchev–Trinajstić information content (AvgIpc) is 2.56. The summed E-state index contributed by atoms with van der Waals surface area (Å²) in [5, 5.41) is 2.35. The van der Waals surface area contributed by atoms with Crippen LogP contribution in [-0.2, 0) is 6.54 Å². The number of nitrogens with zero attached hydrogens (tertiary/aromatic N) is 1. The van der Waals surface area contributed by atoms with Crippen LogP contribution in [0, 0.1) is 0 Å². The molecule has 0 saturated heterocycles. The molecule has 0 aliphatic rings. The SMILES string of the molecule is COc1ccc(Br)c(C[n+]2ccc3ccc(OC)cc3c2)c1. The minimum atomic E-state index is 0.769. The molecule has 112 valence electrons. The second kappa shape index (κ2) is 6.36. The van der Waals surface area contributed by atoms with Crippen molar-refractivity contribution in [1.29, 1.82) is 0 Å². The fourth-order valence-electron chi connectivity index (χ4n) is 2.44. The van der Waals surface area contributed by atoms with E-state index < -0.39 is 0 Å². The number of rotatable bonds is 4. The smallest absolute Gasteiger partial charge is 0.177 e. The Labute approximate surface area is 138 Å². The number of methoxy groups -OCH3 is 2. The summed E-state index contributed by atoms with van der Waals surface area (Å²) in [6.07, 6.45) is 4.21. The Balaban J connectivity index is 1.96. The largest absolute Gasteiger partial charge is 0.497 e. The van der Waals surface area contributed by atoms with Crippen LogP contribution in [0.2, 0.25) is 0 Å². The van der Waals surface area contributed by atoms with E-state index in [1.54, 1.807) is 14.2 Å². The molecule has 0 aliphatic carbocycles. The van der Waals surface area contributed by atoms with Crippen molar-refractivity contribution < 1.29 is 14.0 Å². The summed E-state index contributed by atoms with van der Waals surface area (Å²) in [7, 11) is 3.37. The molecule has 22 heavy (non-hydrogen) atoms. The van der Waals surface area contributed by atoms with Crippen molar-refractivity contribution in [3.63, 3.8) is 0 Å². The summed E-state index contributed by atoms with van der Waals surface area (Å²) in [6, 6.07) is 14.2. The topological polar surface area (TPSA) is 22.3 Å². The van der Waals surface area contributed by atoms with Crippen LogP contribution < -0.4 is 14.0 Å². The van der Waals surface area contributed by atoms with E-state index in [0.29, 0.717) is 0 Å². The van der Waals surface area contributed by atoms with Crippen molar-refractivity contribution in [1.82, 2.24) is 0 Å². The molecule has 0 amide bonds. The molecule has 3 aromatic rings. The molecule has 1 heterocycles. The third-order valence-electron chi connectivity index (χ3n) is 3.65. The molecule has 3 nitrogen and oxygen atoms in total. The van der Waals surface area contributed by atoms with E-state index in [-0.39, 0.29) is 0 Å². The molecule has 0 N–H and O–H groups in total. The minimum Gasteiger partial charge on any atom is -0.497 e. The predicted molar refractivity (Wildman–Crippen MR) is 90.5 cm³/mol. The molecule has 0 bridgehead atoms. The number of fused-ring (bicyclic) bond motifs is 1. The van der Waals surface area contributed by atoms with Crippen molar-refractivity contribution >= 4 is 26.7 Å². The lowest BCUT2D eigenvalue weighted by Crippen LogP contribution is -2.33. The molecule has 0 unspecified atom stereocenters. The zero-order chi connectivity index (χ0) is 15.5. The molecular formula is C18H17BrNO2+. The highest BCUT2D eigenvalue weighted by molar-refractivity contribution is 9.10. The minimum absolute atomic E-state index is 0.769. The van der Waals surface area contributed by atoms with Crippen LogP contribution in [0.1, 0.15) is 5.56 Å². The molecule has 0 fully saturated rings. The fourth-order valence-corrected chi connectivity index (χ4v) is 2.81. The molecule has 4 heteroatoms. The Bertz CT molecular complexity index is 817. The van der Waals surface area contributed by atoms with Gasteiger partial charge in [-0.25, -0.2) is 4.57 Å². The van der Waals surface area contributed by atoms with Gasteiger partial charge < -0.3 is 9.47 Å². The standard InChI is InChI=1S/C18H17BrNO2/c1-21-16-4-3-13-7-8-20(11-14(13)9-16)12-15-10-17(22-2)5-6-18(15)19/h3-11H,12H2,1-2H3/q+1. The van der Waals surface area contributed by atoms with Gasteiger partial charge in [-0.15, -0.1) is 0 Å². The van der Waals surface area contributed by atoms with Gasteiger partial charge in [0, 0.05) is 21.5 Å². The molecule has 0 radical (unpaired) electrons. The highest BCUT2D eigenvalue weighted by atomic mass is 79.9. The summed E-state index contributed by atoms with van der Waals surface area (Å²) in [4.78, 5) is 0. The van der Waals surface area contributed by atoms with Gasteiger partial charge >= 0.3 is 0 Å². The van der Waals surface area contributed by atoms with Crippen LogP contribution >= 0.6 is 15.9 Å². The Morgan fingerprint density at radius 3 is 2.41 bits per heavy atom. The maximum Gasteiger partial charge on any atom is 0.177 e. The van der Waals surface area contributed by atoms with Gasteiger partial charge in [0.05, 0.1) is 14.2 Å². The van der Waals surface area contributed by atoms with E-state index in [0.717, 1.165) is 27.9 Å². The molecule has 3 rings (SSSR count). The summed E-state index contributed by atoms with van der Waals surface area (Å²) in [6.45, 7) is 0.769. The van der Waals surface area contributed by atoms with Gasteiger partial charge in [-0.3, -0.25) is 0 Å². The van der Waals surface area contributed by atoms with Crippen LogP contribution in [0.5, 0.6) is 11.5 Å². The molecule has 1 aromatic heterocycles. The number of hydrogen-bond donors (Lipinski definition) is 0. The summed E-state index contributed by atoms with van der Waals surface area (Å²) in [5.74, 6) is 1.73. The number of ether oxygens (including phenoxy) is 2. The van der Waals surface area contributed by atoms with Crippen molar-refractivity contribution in [3.05, 3.63) is 64.9 Å². The van der Waals surface area contributed by atoms with Crippen LogP contribution in [0.3, 0.4) is 0 Å². The van der Waals surface area contributed by atoms with Crippen molar-refractivity contribution in [2.24, 2.45) is 0 Å². The number of pyridine rings is 1. The first-order valence-corrected chi connectivity index (χ1v) is 7.78. The van der Waals surface area contributed by atoms with Gasteiger partial charge in [0.2, 0.25) is 0 Å². The summed E-state index contributed by atoms with van der Waals surface area (Å²) < 4.78 is 13.8. The van der Waals surface area contributed by atoms with E-state index in [2.05, 4.69) is 45.0 Å². The van der Waals surface area contributed by atoms with Gasteiger partial charge in [0.25, 0.3) is 0 Å². The Hall–Kier alpha value is -2.07. The van der Waals surface area contributed by atoms with Gasteiger partial charge in [-0.1, -0.05) is 22.0 Å². The Morgan fingerprint density at radius 1 is 0.909 bits per heavy atom. The third kappa shape index (κ3) is 3.07. The second-order valence-electron chi connectivity index (χ2n) is 5.07. The number of benzene rings is 2. The molecule has 0 saturated carbocycles. The predicted octanol–water partition coefficient (Wildman–Crippen LogP) is 3.96. The van der Waals surface area contributed by atoms with Gasteiger partial charge in [-0.2, -0.15) is 0 Å². The van der Waals surface area contributed by atoms with E-state index in [1.807, 2.05) is 30.3 Å². The van der Waals surface area contributed by atoms with Crippen molar-refractivity contribution in [3.8, 4) is 11.5 Å². The monoisotopic (exact) mass is 358 g/mol. The maximum atomic E-state index is 5.30. The van der Waals surface area contributed by atoms with Crippen molar-refractivity contribution in [2.45, 2.75) is 6.54 Å². The maximum absolute atomic E-state index is 5.30. The highest BCUT2D eigenvalue weighted by Crippen LogP contribution is 2.23. The third-order valence-corrected chi connectivity index (χ3v) is 4.42. The fraction of sp³-hybridized carbons (Fsp3) is 0.167. The lowest BCUT2D eigenvalue weighted by atomic mass is 10.1. The number of hydrogen-bond acceptors (Lipinski definition) is 2. The Kier molecular flexibility index (Phi) is 4.29. The molecule has 0 spiro atoms. The quantitative estimate of drug-likeness (QED) is 0.658. The van der Waals surface area contributed by atoms with Crippen LogP contribution in [0.15, 0.2) is 59.3 Å². The van der Waals surface area contributed by atoms with Crippen LogP contribution in [0.25, 0.3) is 10.8 Å². The van der Waals surface area contributed by atoms with E-state index >= 15 is 0 Å². The lowest BCUT2D eigenvalue weighted by molar-refractivity contribution is -0.687. The van der Waals surface area contributed by atoms with Crippen molar-refractivity contribution in [2.75, 3.05) is 14.2 Å². The number of halogens is 1. The normalized spacial score (nSPS) is 10.7. The van der Waals surface area contributed by atoms with Gasteiger partial charge in [-0.05, 0) is 35.7 Å². The summed E-state index contributed by atoms with van der Waals surface area (Å²) >= 11 is 3.60. The molecule has 2 aromatic carbocycles. The van der Waals surface area contributed by atoms with E-state index in [4.69, 9.17) is 9.47 Å². The molecular weight excluding hydrogens is 342 g/mol. The van der Waals surface area contributed by atoms with Crippen LogP contribution in [0.4, 0.5) is 0 Å². The first kappa shape index (κ1) is 14.9. The first-order chi connectivity index (χ1) is 10.7. The average molecular weight is 359 g/mol. The van der Waals surface area contributed by atoms with E-state index in [9.17, 15) is 0 Å². The second-order valence-corrected chi connectivity index (χ2v) is 5.92. The van der Waals surface area contributed by atoms with Crippen LogP contribution in [-0.4, -0.2) is 14.2 Å². The Morgan fingerprint density at radius 2 is 1.64 bits per heavy atom. The summed E-state index contributed by atoms with van der Waals surface area (Å²) in [5.41, 5.74) is 1.17. The number of aromatic nitrogens is 1. The van der Waals surface area contributed by atoms with Gasteiger partial charge in [0.1, 0.15) is 11.5 Å². The lowest BCUT2D eigenvalue weighted by Gasteiger charge is -2.06. The first-order valence-electron chi connectivity index (χ1n) is 6.99. The molecule has 0 aliphatic heterocycles. The zero-order valence-electron chi connectivity index (χ0n) is 12.5.